The van der Waals surface area contributed by atoms with Gasteiger partial charge in [0.25, 0.3) is 11.8 Å². The number of anilines is 2. The molecule has 0 bridgehead atoms. The van der Waals surface area contributed by atoms with E-state index in [4.69, 9.17) is 19.6 Å². The Morgan fingerprint density at radius 1 is 1.03 bits per heavy atom. The number of hydrogen-bond donors (Lipinski definition) is 2. The number of rotatable bonds is 8. The highest BCUT2D eigenvalue weighted by molar-refractivity contribution is 8.04. The highest BCUT2D eigenvalue weighted by atomic mass is 32.2. The van der Waals surface area contributed by atoms with Gasteiger partial charge in [0.1, 0.15) is 27.9 Å². The number of nitrogens with one attached hydrogen (secondary N) is 1. The van der Waals surface area contributed by atoms with E-state index < -0.39 is 11.8 Å². The zero-order valence-electron chi connectivity index (χ0n) is 17.5. The van der Waals surface area contributed by atoms with E-state index in [2.05, 4.69) is 5.32 Å². The molecule has 0 spiro atoms. The molecule has 1 aromatic heterocycles. The summed E-state index contributed by atoms with van der Waals surface area (Å²) in [6, 6.07) is 15.6. The average Bonchev–Trinajstić information content (AvgIpc) is 3.40. The van der Waals surface area contributed by atoms with E-state index in [1.165, 1.54) is 25.1 Å². The van der Waals surface area contributed by atoms with E-state index in [1.54, 1.807) is 61.7 Å². The number of nitrogen functional groups attached to an aromatic ring is 1. The van der Waals surface area contributed by atoms with Crippen molar-refractivity contribution < 1.29 is 23.5 Å². The monoisotopic (exact) mass is 451 g/mol. The molecule has 0 atom stereocenters. The second kappa shape index (κ2) is 9.11. The number of carbonyl (C=O) groups is 2. The minimum atomic E-state index is -0.456. The maximum Gasteiger partial charge on any atom is 0.278 e. The smallest absolute Gasteiger partial charge is 0.278 e. The summed E-state index contributed by atoms with van der Waals surface area (Å²) < 4.78 is 16.0. The van der Waals surface area contributed by atoms with Crippen LogP contribution in [0, 0.1) is 0 Å². The van der Waals surface area contributed by atoms with Gasteiger partial charge in [0, 0.05) is 16.6 Å². The Kier molecular flexibility index (Phi) is 6.09. The summed E-state index contributed by atoms with van der Waals surface area (Å²) in [7, 11) is 3.07. The highest BCUT2D eigenvalue weighted by Crippen LogP contribution is 2.38. The molecule has 3 N–H and O–H groups in total. The number of carbonyl (C=O) groups excluding carboxylic acids is 2. The molecule has 1 aliphatic heterocycles. The molecular weight excluding hydrogens is 430 g/mol. The van der Waals surface area contributed by atoms with Crippen LogP contribution < -0.4 is 20.5 Å². The van der Waals surface area contributed by atoms with Gasteiger partial charge in [-0.1, -0.05) is 11.8 Å². The standard InChI is InChI=1S/C23H21N3O5S/c1-29-15-7-10-18(19(12-15)30-2)25-20-21(32-17-8-5-14(24)6-9-17)23(28)26(22(20)27)13-16-4-3-11-31-16/h3-12,25H,13,24H2,1-2H3. The number of thioether (sulfide) groups is 1. The van der Waals surface area contributed by atoms with Crippen LogP contribution in [0.4, 0.5) is 11.4 Å². The lowest BCUT2D eigenvalue weighted by molar-refractivity contribution is -0.138. The molecule has 0 radical (unpaired) electrons. The third-order valence-corrected chi connectivity index (χ3v) is 5.88. The van der Waals surface area contributed by atoms with Crippen molar-refractivity contribution in [3.63, 3.8) is 0 Å². The Morgan fingerprint density at radius 2 is 1.81 bits per heavy atom. The number of imide groups is 1. The number of furan rings is 1. The van der Waals surface area contributed by atoms with Gasteiger partial charge in [-0.2, -0.15) is 0 Å². The largest absolute Gasteiger partial charge is 0.497 e. The van der Waals surface area contributed by atoms with Crippen LogP contribution in [-0.4, -0.2) is 30.9 Å². The summed E-state index contributed by atoms with van der Waals surface area (Å²) in [5, 5.41) is 3.09. The molecule has 2 heterocycles. The number of hydrogen-bond acceptors (Lipinski definition) is 8. The van der Waals surface area contributed by atoms with Crippen molar-refractivity contribution in [2.45, 2.75) is 11.4 Å². The summed E-state index contributed by atoms with van der Waals surface area (Å²) in [5.41, 5.74) is 7.07. The SMILES string of the molecule is COc1ccc(NC2=C(Sc3ccc(N)cc3)C(=O)N(Cc3ccco3)C2=O)c(OC)c1. The van der Waals surface area contributed by atoms with E-state index >= 15 is 0 Å². The molecule has 0 fully saturated rings. The minimum Gasteiger partial charge on any atom is -0.497 e. The molecule has 164 valence electrons. The number of methoxy groups -OCH3 is 2. The number of amides is 2. The van der Waals surface area contributed by atoms with Crippen molar-refractivity contribution in [1.29, 1.82) is 0 Å². The lowest BCUT2D eigenvalue weighted by Crippen LogP contribution is -2.31. The quantitative estimate of drug-likeness (QED) is 0.393. The van der Waals surface area contributed by atoms with E-state index in [9.17, 15) is 9.59 Å². The third-order valence-electron chi connectivity index (χ3n) is 4.79. The van der Waals surface area contributed by atoms with Crippen LogP contribution >= 0.6 is 11.8 Å². The number of nitrogens with zero attached hydrogens (tertiary/aromatic N) is 1. The molecule has 9 heteroatoms. The fourth-order valence-corrected chi connectivity index (χ4v) is 4.10. The van der Waals surface area contributed by atoms with Crippen LogP contribution in [0.15, 0.2) is 80.8 Å². The Bertz CT molecular complexity index is 1170. The molecule has 2 amide bonds. The first-order chi connectivity index (χ1) is 15.5. The lowest BCUT2D eigenvalue weighted by Gasteiger charge is -2.15. The van der Waals surface area contributed by atoms with Crippen molar-refractivity contribution in [1.82, 2.24) is 4.90 Å². The van der Waals surface area contributed by atoms with Gasteiger partial charge in [-0.25, -0.2) is 0 Å². The Balaban J connectivity index is 1.70. The highest BCUT2D eigenvalue weighted by Gasteiger charge is 2.40. The predicted molar refractivity (Wildman–Crippen MR) is 121 cm³/mol. The number of ether oxygens (including phenoxy) is 2. The molecule has 1 aliphatic rings. The summed E-state index contributed by atoms with van der Waals surface area (Å²) in [4.78, 5) is 28.7. The van der Waals surface area contributed by atoms with Crippen LogP contribution in [0.3, 0.4) is 0 Å². The predicted octanol–water partition coefficient (Wildman–Crippen LogP) is 3.86. The molecule has 2 aromatic carbocycles. The second-order valence-electron chi connectivity index (χ2n) is 6.84. The zero-order valence-corrected chi connectivity index (χ0v) is 18.3. The van der Waals surface area contributed by atoms with E-state index in [0.717, 1.165) is 9.80 Å². The van der Waals surface area contributed by atoms with Gasteiger partial charge in [-0.15, -0.1) is 0 Å². The fourth-order valence-electron chi connectivity index (χ4n) is 3.15. The van der Waals surface area contributed by atoms with Crippen molar-refractivity contribution in [2.75, 3.05) is 25.3 Å². The topological polar surface area (TPSA) is 107 Å². The second-order valence-corrected chi connectivity index (χ2v) is 7.93. The molecule has 32 heavy (non-hydrogen) atoms. The summed E-state index contributed by atoms with van der Waals surface area (Å²) in [6.45, 7) is 0.0292. The maximum absolute atomic E-state index is 13.3. The van der Waals surface area contributed by atoms with Gasteiger partial charge in [-0.05, 0) is 48.5 Å². The first kappa shape index (κ1) is 21.4. The first-order valence-corrected chi connectivity index (χ1v) is 10.5. The molecule has 0 aliphatic carbocycles. The average molecular weight is 452 g/mol. The van der Waals surface area contributed by atoms with E-state index in [0.29, 0.717) is 28.6 Å². The molecule has 0 saturated heterocycles. The van der Waals surface area contributed by atoms with Crippen molar-refractivity contribution in [3.05, 3.63) is 77.2 Å². The fraction of sp³-hybridized carbons (Fsp3) is 0.130. The van der Waals surface area contributed by atoms with Gasteiger partial charge >= 0.3 is 0 Å². The van der Waals surface area contributed by atoms with Crippen molar-refractivity contribution >= 4 is 35.0 Å². The molecule has 8 nitrogen and oxygen atoms in total. The van der Waals surface area contributed by atoms with Gasteiger partial charge in [-0.3, -0.25) is 14.5 Å². The summed E-state index contributed by atoms with van der Waals surface area (Å²) in [6.07, 6.45) is 1.50. The first-order valence-electron chi connectivity index (χ1n) is 9.65. The summed E-state index contributed by atoms with van der Waals surface area (Å²) in [5.74, 6) is 0.710. The van der Waals surface area contributed by atoms with Crippen LogP contribution in [0.25, 0.3) is 0 Å². The summed E-state index contributed by atoms with van der Waals surface area (Å²) >= 11 is 1.19. The van der Waals surface area contributed by atoms with Crippen LogP contribution in [0.1, 0.15) is 5.76 Å². The Hall–Kier alpha value is -3.85. The van der Waals surface area contributed by atoms with Gasteiger partial charge < -0.3 is 24.9 Å². The Morgan fingerprint density at radius 3 is 2.47 bits per heavy atom. The molecule has 0 saturated carbocycles. The van der Waals surface area contributed by atoms with Crippen molar-refractivity contribution in [3.8, 4) is 11.5 Å². The van der Waals surface area contributed by atoms with Crippen LogP contribution in [-0.2, 0) is 16.1 Å². The maximum atomic E-state index is 13.3. The lowest BCUT2D eigenvalue weighted by atomic mass is 10.2. The molecular formula is C23H21N3O5S. The van der Waals surface area contributed by atoms with Gasteiger partial charge in [0.05, 0.1) is 32.7 Å². The van der Waals surface area contributed by atoms with Crippen molar-refractivity contribution in [2.24, 2.45) is 0 Å². The van der Waals surface area contributed by atoms with E-state index in [1.807, 2.05) is 0 Å². The minimum absolute atomic E-state index is 0.0292. The zero-order chi connectivity index (χ0) is 22.7. The molecule has 0 unspecified atom stereocenters. The van der Waals surface area contributed by atoms with Gasteiger partial charge in [0.15, 0.2) is 0 Å². The van der Waals surface area contributed by atoms with E-state index in [-0.39, 0.29) is 17.1 Å². The normalized spacial score (nSPS) is 13.6. The van der Waals surface area contributed by atoms with Crippen LogP contribution in [0.2, 0.25) is 0 Å². The molecule has 4 rings (SSSR count). The van der Waals surface area contributed by atoms with Crippen LogP contribution in [0.5, 0.6) is 11.5 Å². The number of nitrogens with two attached hydrogens (primary N) is 1. The third kappa shape index (κ3) is 4.28. The Labute approximate surface area is 189 Å². The molecule has 3 aromatic rings. The number of benzene rings is 2. The van der Waals surface area contributed by atoms with Gasteiger partial charge in [0.2, 0.25) is 0 Å².